The third-order valence-electron chi connectivity index (χ3n) is 4.79. The second kappa shape index (κ2) is 8.04. The van der Waals surface area contributed by atoms with Crippen molar-refractivity contribution in [3.63, 3.8) is 0 Å². The van der Waals surface area contributed by atoms with Crippen molar-refractivity contribution in [2.75, 3.05) is 27.3 Å². The van der Waals surface area contributed by atoms with Gasteiger partial charge in [-0.15, -0.1) is 0 Å². The number of methoxy groups -OCH3 is 2. The van der Waals surface area contributed by atoms with Gasteiger partial charge in [-0.05, 0) is 49.2 Å². The molecule has 1 atom stereocenters. The van der Waals surface area contributed by atoms with E-state index in [1.165, 1.54) is 0 Å². The van der Waals surface area contributed by atoms with E-state index in [9.17, 15) is 9.59 Å². The summed E-state index contributed by atoms with van der Waals surface area (Å²) in [6.07, 6.45) is 1.61. The molecular weight excluding hydrogens is 330 g/mol. The lowest BCUT2D eigenvalue weighted by Crippen LogP contribution is -2.42. The Morgan fingerprint density at radius 2 is 1.73 bits per heavy atom. The number of ketones is 1. The summed E-state index contributed by atoms with van der Waals surface area (Å²) in [6, 6.07) is 14.3. The highest BCUT2D eigenvalue weighted by Crippen LogP contribution is 2.26. The van der Waals surface area contributed by atoms with Crippen molar-refractivity contribution in [1.29, 1.82) is 0 Å². The Hall–Kier alpha value is -2.82. The van der Waals surface area contributed by atoms with Crippen molar-refractivity contribution in [2.45, 2.75) is 12.8 Å². The predicted molar refractivity (Wildman–Crippen MR) is 98.9 cm³/mol. The Balaban J connectivity index is 1.74. The van der Waals surface area contributed by atoms with Gasteiger partial charge < -0.3 is 14.4 Å². The number of hydrogen-bond acceptors (Lipinski definition) is 4. The molecule has 1 aliphatic rings. The first-order valence-electron chi connectivity index (χ1n) is 8.74. The van der Waals surface area contributed by atoms with Crippen LogP contribution in [0.3, 0.4) is 0 Å². The molecule has 1 saturated heterocycles. The minimum absolute atomic E-state index is 0.0742. The van der Waals surface area contributed by atoms with Gasteiger partial charge >= 0.3 is 0 Å². The largest absolute Gasteiger partial charge is 0.497 e. The normalized spacial score (nSPS) is 16.8. The molecule has 1 heterocycles. The van der Waals surface area contributed by atoms with Gasteiger partial charge in [0.25, 0.3) is 5.91 Å². The molecule has 1 amide bonds. The summed E-state index contributed by atoms with van der Waals surface area (Å²) in [5.41, 5.74) is 1.19. The van der Waals surface area contributed by atoms with Gasteiger partial charge in [-0.2, -0.15) is 0 Å². The number of rotatable bonds is 5. The molecule has 0 aliphatic carbocycles. The Labute approximate surface area is 153 Å². The Kier molecular flexibility index (Phi) is 5.56. The molecular formula is C21H23NO4. The summed E-state index contributed by atoms with van der Waals surface area (Å²) in [4.78, 5) is 27.5. The van der Waals surface area contributed by atoms with E-state index in [4.69, 9.17) is 9.47 Å². The zero-order valence-corrected chi connectivity index (χ0v) is 15.1. The fourth-order valence-corrected chi connectivity index (χ4v) is 3.36. The number of hydrogen-bond donors (Lipinski definition) is 0. The molecule has 0 saturated carbocycles. The summed E-state index contributed by atoms with van der Waals surface area (Å²) in [6.45, 7) is 1.09. The van der Waals surface area contributed by atoms with Crippen LogP contribution in [0.15, 0.2) is 48.5 Å². The molecule has 136 valence electrons. The summed E-state index contributed by atoms with van der Waals surface area (Å²) >= 11 is 0. The molecule has 2 aromatic rings. The topological polar surface area (TPSA) is 55.8 Å². The molecule has 2 aromatic carbocycles. The van der Waals surface area contributed by atoms with Crippen LogP contribution in [0, 0.1) is 5.92 Å². The minimum Gasteiger partial charge on any atom is -0.497 e. The first-order chi connectivity index (χ1) is 12.6. The minimum atomic E-state index is -0.184. The van der Waals surface area contributed by atoms with Gasteiger partial charge in [0.2, 0.25) is 0 Å². The number of ether oxygens (including phenoxy) is 2. The van der Waals surface area contributed by atoms with Crippen molar-refractivity contribution in [3.05, 3.63) is 59.7 Å². The maximum atomic E-state index is 12.9. The molecule has 0 radical (unpaired) electrons. The Morgan fingerprint density at radius 1 is 1.00 bits per heavy atom. The number of para-hydroxylation sites is 1. The van der Waals surface area contributed by atoms with Crippen LogP contribution in [0.2, 0.25) is 0 Å². The van der Waals surface area contributed by atoms with Crippen molar-refractivity contribution in [1.82, 2.24) is 4.90 Å². The summed E-state index contributed by atoms with van der Waals surface area (Å²) < 4.78 is 10.4. The lowest BCUT2D eigenvalue weighted by molar-refractivity contribution is 0.0634. The molecule has 1 unspecified atom stereocenters. The maximum absolute atomic E-state index is 12.9. The van der Waals surface area contributed by atoms with E-state index < -0.39 is 0 Å². The highest BCUT2D eigenvalue weighted by molar-refractivity contribution is 6.00. The average Bonchev–Trinajstić information content (AvgIpc) is 2.72. The van der Waals surface area contributed by atoms with E-state index in [1.54, 1.807) is 55.5 Å². The van der Waals surface area contributed by atoms with Crippen LogP contribution >= 0.6 is 0 Å². The van der Waals surface area contributed by atoms with Crippen LogP contribution in [-0.4, -0.2) is 43.9 Å². The van der Waals surface area contributed by atoms with Gasteiger partial charge in [-0.3, -0.25) is 9.59 Å². The molecule has 26 heavy (non-hydrogen) atoms. The van der Waals surface area contributed by atoms with Crippen molar-refractivity contribution < 1.29 is 19.1 Å². The highest BCUT2D eigenvalue weighted by atomic mass is 16.5. The number of carbonyl (C=O) groups excluding carboxylic acids is 2. The SMILES string of the molecule is COc1ccc(C(=O)C2CCCN(C(=O)c3ccccc3OC)C2)cc1. The average molecular weight is 353 g/mol. The predicted octanol–water partition coefficient (Wildman–Crippen LogP) is 3.44. The van der Waals surface area contributed by atoms with Gasteiger partial charge in [0, 0.05) is 24.6 Å². The monoisotopic (exact) mass is 353 g/mol. The van der Waals surface area contributed by atoms with Gasteiger partial charge in [0.05, 0.1) is 19.8 Å². The van der Waals surface area contributed by atoms with Gasteiger partial charge in [0.15, 0.2) is 5.78 Å². The maximum Gasteiger partial charge on any atom is 0.257 e. The summed E-state index contributed by atoms with van der Waals surface area (Å²) in [7, 11) is 3.15. The number of benzene rings is 2. The quantitative estimate of drug-likeness (QED) is 0.773. The highest BCUT2D eigenvalue weighted by Gasteiger charge is 2.30. The molecule has 1 fully saturated rings. The van der Waals surface area contributed by atoms with E-state index in [2.05, 4.69) is 0 Å². The molecule has 0 bridgehead atoms. The number of Topliss-reactive ketones (excluding diaryl/α,β-unsaturated/α-hetero) is 1. The smallest absolute Gasteiger partial charge is 0.257 e. The first kappa shape index (κ1) is 18.0. The zero-order valence-electron chi connectivity index (χ0n) is 15.1. The van der Waals surface area contributed by atoms with Gasteiger partial charge in [-0.1, -0.05) is 12.1 Å². The van der Waals surface area contributed by atoms with Crippen LogP contribution in [0.1, 0.15) is 33.6 Å². The molecule has 5 heteroatoms. The van der Waals surface area contributed by atoms with Crippen molar-refractivity contribution in [3.8, 4) is 11.5 Å². The summed E-state index contributed by atoms with van der Waals surface area (Å²) in [5, 5.41) is 0. The Bertz CT molecular complexity index is 785. The molecule has 0 aromatic heterocycles. The van der Waals surface area contributed by atoms with Crippen molar-refractivity contribution in [2.24, 2.45) is 5.92 Å². The lowest BCUT2D eigenvalue weighted by atomic mass is 9.89. The molecule has 5 nitrogen and oxygen atoms in total. The van der Waals surface area contributed by atoms with Gasteiger partial charge in [0.1, 0.15) is 11.5 Å². The lowest BCUT2D eigenvalue weighted by Gasteiger charge is -2.32. The molecule has 1 aliphatic heterocycles. The van der Waals surface area contributed by atoms with Crippen molar-refractivity contribution >= 4 is 11.7 Å². The number of likely N-dealkylation sites (tertiary alicyclic amines) is 1. The van der Waals surface area contributed by atoms with E-state index in [-0.39, 0.29) is 17.6 Å². The number of nitrogens with zero attached hydrogens (tertiary/aromatic N) is 1. The number of piperidine rings is 1. The van der Waals surface area contributed by atoms with Crippen LogP contribution < -0.4 is 9.47 Å². The van der Waals surface area contributed by atoms with Gasteiger partial charge in [-0.25, -0.2) is 0 Å². The van der Waals surface area contributed by atoms with E-state index >= 15 is 0 Å². The molecule has 0 spiro atoms. The van der Waals surface area contributed by atoms with Crippen LogP contribution in [0.25, 0.3) is 0 Å². The standard InChI is InChI=1S/C21H23NO4/c1-25-17-11-9-15(10-12-17)20(23)16-6-5-13-22(14-16)21(24)18-7-3-4-8-19(18)26-2/h3-4,7-12,16H,5-6,13-14H2,1-2H3. The molecule has 0 N–H and O–H groups in total. The Morgan fingerprint density at radius 3 is 2.42 bits per heavy atom. The molecule has 3 rings (SSSR count). The third-order valence-corrected chi connectivity index (χ3v) is 4.79. The second-order valence-electron chi connectivity index (χ2n) is 6.38. The van der Waals surface area contributed by atoms with E-state index in [0.717, 1.165) is 18.6 Å². The first-order valence-corrected chi connectivity index (χ1v) is 8.74. The number of amides is 1. The fraction of sp³-hybridized carbons (Fsp3) is 0.333. The van der Waals surface area contributed by atoms with E-state index in [1.807, 2.05) is 12.1 Å². The van der Waals surface area contributed by atoms with Crippen LogP contribution in [-0.2, 0) is 0 Å². The van der Waals surface area contributed by atoms with Crippen LogP contribution in [0.4, 0.5) is 0 Å². The van der Waals surface area contributed by atoms with E-state index in [0.29, 0.717) is 30.0 Å². The van der Waals surface area contributed by atoms with Crippen LogP contribution in [0.5, 0.6) is 11.5 Å². The summed E-state index contributed by atoms with van der Waals surface area (Å²) in [5.74, 6) is 1.08. The second-order valence-corrected chi connectivity index (χ2v) is 6.38. The third kappa shape index (κ3) is 3.72. The fourth-order valence-electron chi connectivity index (χ4n) is 3.36. The number of carbonyl (C=O) groups is 2. The zero-order chi connectivity index (χ0) is 18.5.